The molecule has 0 saturated carbocycles. The minimum atomic E-state index is -0.451. The molecule has 2 amide bonds. The number of nitrogens with zero attached hydrogens (tertiary/aromatic N) is 1. The first-order valence-electron chi connectivity index (χ1n) is 8.80. The zero-order valence-electron chi connectivity index (χ0n) is 15.6. The summed E-state index contributed by atoms with van der Waals surface area (Å²) >= 11 is 1.15. The smallest absolute Gasteiger partial charge is 0.276 e. The van der Waals surface area contributed by atoms with Crippen LogP contribution in [-0.2, 0) is 9.59 Å². The summed E-state index contributed by atoms with van der Waals surface area (Å²) in [5, 5.41) is 0.399. The molecule has 7 nitrogen and oxygen atoms in total. The number of nitrogens with one attached hydrogen (secondary N) is 2. The van der Waals surface area contributed by atoms with Crippen molar-refractivity contribution in [1.29, 1.82) is 0 Å². The van der Waals surface area contributed by atoms with E-state index in [-0.39, 0.29) is 18.3 Å². The lowest BCUT2D eigenvalue weighted by Crippen LogP contribution is -2.44. The second kappa shape index (κ2) is 9.27. The van der Waals surface area contributed by atoms with Crippen LogP contribution >= 0.6 is 11.8 Å². The second-order valence-corrected chi connectivity index (χ2v) is 7.27. The molecule has 1 heterocycles. The third-order valence-corrected chi connectivity index (χ3v) is 4.69. The van der Waals surface area contributed by atoms with E-state index in [4.69, 9.17) is 9.15 Å². The topological polar surface area (TPSA) is 93.5 Å². The number of aromatic nitrogens is 1. The van der Waals surface area contributed by atoms with E-state index in [0.29, 0.717) is 22.5 Å². The van der Waals surface area contributed by atoms with Crippen molar-refractivity contribution in [3.8, 4) is 5.75 Å². The molecular formula is C20H21N3O4S. The van der Waals surface area contributed by atoms with Gasteiger partial charge in [-0.15, -0.1) is 0 Å². The summed E-state index contributed by atoms with van der Waals surface area (Å²) in [6, 6.07) is 14.9. The maximum Gasteiger partial charge on any atom is 0.276 e. The van der Waals surface area contributed by atoms with Gasteiger partial charge in [0.05, 0.1) is 5.75 Å². The average molecular weight is 399 g/mol. The molecule has 3 rings (SSSR count). The lowest BCUT2D eigenvalue weighted by atomic mass is 10.0. The normalized spacial score (nSPS) is 10.8. The summed E-state index contributed by atoms with van der Waals surface area (Å²) in [5.41, 5.74) is 7.25. The number of carbonyl (C=O) groups is 2. The number of amides is 2. The lowest BCUT2D eigenvalue weighted by molar-refractivity contribution is -0.128. The van der Waals surface area contributed by atoms with E-state index < -0.39 is 5.91 Å². The molecule has 28 heavy (non-hydrogen) atoms. The first kappa shape index (κ1) is 19.8. The van der Waals surface area contributed by atoms with Gasteiger partial charge in [-0.05, 0) is 35.7 Å². The van der Waals surface area contributed by atoms with E-state index in [2.05, 4.69) is 29.7 Å². The molecular weight excluding hydrogens is 378 g/mol. The number of para-hydroxylation sites is 2. The Hall–Kier alpha value is -3.00. The molecule has 0 fully saturated rings. The molecule has 8 heteroatoms. The number of hydrogen-bond acceptors (Lipinski definition) is 6. The van der Waals surface area contributed by atoms with Gasteiger partial charge in [0.2, 0.25) is 5.91 Å². The van der Waals surface area contributed by atoms with Crippen LogP contribution < -0.4 is 15.6 Å². The number of oxazole rings is 1. The summed E-state index contributed by atoms with van der Waals surface area (Å²) in [6.07, 6.45) is 0. The van der Waals surface area contributed by atoms with Crippen molar-refractivity contribution in [1.82, 2.24) is 15.8 Å². The van der Waals surface area contributed by atoms with E-state index in [0.717, 1.165) is 17.3 Å². The Morgan fingerprint density at radius 2 is 1.79 bits per heavy atom. The number of rotatable bonds is 7. The summed E-state index contributed by atoms with van der Waals surface area (Å²) in [7, 11) is 0. The SMILES string of the molecule is CC(C)c1ccc(OCC(=O)NNC(=O)CSc2nc3ccccc3o2)cc1. The Morgan fingerprint density at radius 1 is 1.07 bits per heavy atom. The Kier molecular flexibility index (Phi) is 6.54. The van der Waals surface area contributed by atoms with Crippen LogP contribution in [0, 0.1) is 0 Å². The van der Waals surface area contributed by atoms with Gasteiger partial charge in [-0.2, -0.15) is 0 Å². The maximum absolute atomic E-state index is 11.9. The number of benzene rings is 2. The molecule has 2 aromatic carbocycles. The van der Waals surface area contributed by atoms with Crippen LogP contribution in [0.1, 0.15) is 25.3 Å². The highest BCUT2D eigenvalue weighted by Crippen LogP contribution is 2.22. The Bertz CT molecular complexity index is 920. The van der Waals surface area contributed by atoms with E-state index in [1.165, 1.54) is 5.56 Å². The molecule has 0 unspecified atom stereocenters. The highest BCUT2D eigenvalue weighted by Gasteiger charge is 2.10. The molecule has 0 aliphatic rings. The molecule has 0 radical (unpaired) electrons. The van der Waals surface area contributed by atoms with Gasteiger partial charge in [0, 0.05) is 0 Å². The molecule has 0 atom stereocenters. The third kappa shape index (κ3) is 5.50. The fourth-order valence-electron chi connectivity index (χ4n) is 2.35. The van der Waals surface area contributed by atoms with Crippen molar-refractivity contribution in [2.45, 2.75) is 25.0 Å². The van der Waals surface area contributed by atoms with Crippen molar-refractivity contribution in [2.24, 2.45) is 0 Å². The van der Waals surface area contributed by atoms with Crippen LogP contribution in [0.2, 0.25) is 0 Å². The van der Waals surface area contributed by atoms with Crippen LogP contribution in [0.5, 0.6) is 5.75 Å². The molecule has 0 saturated heterocycles. The minimum Gasteiger partial charge on any atom is -0.484 e. The molecule has 146 valence electrons. The summed E-state index contributed by atoms with van der Waals surface area (Å²) in [6.45, 7) is 4.02. The van der Waals surface area contributed by atoms with E-state index in [1.54, 1.807) is 0 Å². The molecule has 3 aromatic rings. The number of hydrogen-bond donors (Lipinski definition) is 2. The van der Waals surface area contributed by atoms with E-state index >= 15 is 0 Å². The fourth-order valence-corrected chi connectivity index (χ4v) is 2.99. The molecule has 0 bridgehead atoms. The number of ether oxygens (including phenoxy) is 1. The molecule has 1 aromatic heterocycles. The van der Waals surface area contributed by atoms with Crippen molar-refractivity contribution >= 4 is 34.7 Å². The summed E-state index contributed by atoms with van der Waals surface area (Å²) < 4.78 is 10.9. The standard InChI is InChI=1S/C20H21N3O4S/c1-13(2)14-7-9-15(10-8-14)26-11-18(24)22-23-19(25)12-28-20-21-16-5-3-4-6-17(16)27-20/h3-10,13H,11-12H2,1-2H3,(H,22,24)(H,23,25). The van der Waals surface area contributed by atoms with Crippen molar-refractivity contribution in [2.75, 3.05) is 12.4 Å². The van der Waals surface area contributed by atoms with Gasteiger partial charge in [-0.3, -0.25) is 20.4 Å². The molecule has 0 aliphatic heterocycles. The summed E-state index contributed by atoms with van der Waals surface area (Å²) in [5.74, 6) is 0.262. The first-order valence-corrected chi connectivity index (χ1v) is 9.78. The molecule has 2 N–H and O–H groups in total. The van der Waals surface area contributed by atoms with Gasteiger partial charge in [-0.25, -0.2) is 4.98 Å². The zero-order valence-corrected chi connectivity index (χ0v) is 16.4. The first-order chi connectivity index (χ1) is 13.5. The van der Waals surface area contributed by atoms with Crippen LogP contribution in [-0.4, -0.2) is 29.2 Å². The largest absolute Gasteiger partial charge is 0.484 e. The van der Waals surface area contributed by atoms with E-state index in [1.807, 2.05) is 48.5 Å². The van der Waals surface area contributed by atoms with Gasteiger partial charge in [0.15, 0.2) is 12.2 Å². The fraction of sp³-hybridized carbons (Fsp3) is 0.250. The third-order valence-electron chi connectivity index (χ3n) is 3.86. The van der Waals surface area contributed by atoms with Gasteiger partial charge >= 0.3 is 0 Å². The molecule has 0 aliphatic carbocycles. The van der Waals surface area contributed by atoms with Crippen molar-refractivity contribution in [3.63, 3.8) is 0 Å². The second-order valence-electron chi connectivity index (χ2n) is 6.34. The lowest BCUT2D eigenvalue weighted by Gasteiger charge is -2.10. The van der Waals surface area contributed by atoms with Gasteiger partial charge in [0.1, 0.15) is 11.3 Å². The highest BCUT2D eigenvalue weighted by molar-refractivity contribution is 7.99. The van der Waals surface area contributed by atoms with Crippen molar-refractivity contribution in [3.05, 3.63) is 54.1 Å². The van der Waals surface area contributed by atoms with Crippen LogP contribution in [0.4, 0.5) is 0 Å². The average Bonchev–Trinajstić information content (AvgIpc) is 3.12. The van der Waals surface area contributed by atoms with Crippen molar-refractivity contribution < 1.29 is 18.7 Å². The Balaban J connectivity index is 1.37. The predicted molar refractivity (Wildman–Crippen MR) is 107 cm³/mol. The monoisotopic (exact) mass is 399 g/mol. The Morgan fingerprint density at radius 3 is 2.50 bits per heavy atom. The van der Waals surface area contributed by atoms with Gasteiger partial charge < -0.3 is 9.15 Å². The zero-order chi connectivity index (χ0) is 19.9. The summed E-state index contributed by atoms with van der Waals surface area (Å²) in [4.78, 5) is 27.9. The van der Waals surface area contributed by atoms with E-state index in [9.17, 15) is 9.59 Å². The number of thioether (sulfide) groups is 1. The van der Waals surface area contributed by atoms with Crippen LogP contribution in [0.3, 0.4) is 0 Å². The van der Waals surface area contributed by atoms with Gasteiger partial charge in [0.25, 0.3) is 11.1 Å². The molecule has 0 spiro atoms. The number of carbonyl (C=O) groups excluding carboxylic acids is 2. The minimum absolute atomic E-state index is 0.0601. The van der Waals surface area contributed by atoms with Gasteiger partial charge in [-0.1, -0.05) is 49.9 Å². The van der Waals surface area contributed by atoms with Crippen LogP contribution in [0.25, 0.3) is 11.1 Å². The number of hydrazine groups is 1. The predicted octanol–water partition coefficient (Wildman–Crippen LogP) is 3.27. The Labute approximate surface area is 166 Å². The van der Waals surface area contributed by atoms with Crippen LogP contribution in [0.15, 0.2) is 58.2 Å². The highest BCUT2D eigenvalue weighted by atomic mass is 32.2. The quantitative estimate of drug-likeness (QED) is 0.468. The maximum atomic E-state index is 11.9. The number of fused-ring (bicyclic) bond motifs is 1.